The molecule has 1 saturated carbocycles. The molecule has 1 aliphatic carbocycles. The van der Waals surface area contributed by atoms with Crippen molar-refractivity contribution in [3.8, 4) is 0 Å². The third kappa shape index (κ3) is 2.27. The lowest BCUT2D eigenvalue weighted by Gasteiger charge is -2.37. The summed E-state index contributed by atoms with van der Waals surface area (Å²) in [7, 11) is 0. The molecular weight excluding hydrogens is 210 g/mol. The monoisotopic (exact) mass is 231 g/mol. The van der Waals surface area contributed by atoms with E-state index in [0.717, 1.165) is 31.4 Å². The molecule has 0 amide bonds. The first kappa shape index (κ1) is 12.3. The normalized spacial score (nSPS) is 24.9. The fourth-order valence-electron chi connectivity index (χ4n) is 2.76. The number of carbonyl (C=O) groups excluding carboxylic acids is 1. The molecule has 1 aromatic rings. The van der Waals surface area contributed by atoms with E-state index in [4.69, 9.17) is 0 Å². The van der Waals surface area contributed by atoms with Gasteiger partial charge in [0.15, 0.2) is 5.78 Å². The Bertz CT molecular complexity index is 392. The lowest BCUT2D eigenvalue weighted by Crippen LogP contribution is -2.50. The fourth-order valence-corrected chi connectivity index (χ4v) is 2.76. The highest BCUT2D eigenvalue weighted by molar-refractivity contribution is 5.90. The Morgan fingerprint density at radius 3 is 2.53 bits per heavy atom. The van der Waals surface area contributed by atoms with Crippen molar-refractivity contribution < 1.29 is 4.79 Å². The average Bonchev–Trinajstić information content (AvgIpc) is 2.33. The van der Waals surface area contributed by atoms with Gasteiger partial charge in [-0.25, -0.2) is 0 Å². The summed E-state index contributed by atoms with van der Waals surface area (Å²) in [6.45, 7) is 4.98. The van der Waals surface area contributed by atoms with E-state index in [0.29, 0.717) is 12.2 Å². The molecule has 0 radical (unpaired) electrons. The molecule has 0 spiro atoms. The van der Waals surface area contributed by atoms with E-state index in [1.54, 1.807) is 0 Å². The van der Waals surface area contributed by atoms with Gasteiger partial charge in [0, 0.05) is 6.42 Å². The minimum Gasteiger partial charge on any atom is -0.302 e. The van der Waals surface area contributed by atoms with Gasteiger partial charge < -0.3 is 5.32 Å². The maximum absolute atomic E-state index is 12.3. The van der Waals surface area contributed by atoms with Crippen LogP contribution in [-0.2, 0) is 10.3 Å². The second-order valence-corrected chi connectivity index (χ2v) is 4.93. The Morgan fingerprint density at radius 2 is 1.94 bits per heavy atom. The van der Waals surface area contributed by atoms with Gasteiger partial charge in [0.2, 0.25) is 0 Å². The standard InChI is InChI=1S/C15H21NO/c1-3-16-15(11-5-4-6-14(15)17)13-9-7-12(2)8-10-13/h7-10,16H,3-6,11H2,1-2H3/t15-/m1/s1. The molecule has 1 aromatic carbocycles. The number of nitrogens with one attached hydrogen (secondary N) is 1. The predicted molar refractivity (Wildman–Crippen MR) is 70.0 cm³/mol. The van der Waals surface area contributed by atoms with E-state index in [-0.39, 0.29) is 0 Å². The number of likely N-dealkylation sites (N-methyl/N-ethyl adjacent to an activating group) is 1. The van der Waals surface area contributed by atoms with Crippen LogP contribution in [-0.4, -0.2) is 12.3 Å². The van der Waals surface area contributed by atoms with Crippen molar-refractivity contribution in [1.82, 2.24) is 5.32 Å². The van der Waals surface area contributed by atoms with Crippen molar-refractivity contribution >= 4 is 5.78 Å². The largest absolute Gasteiger partial charge is 0.302 e. The van der Waals surface area contributed by atoms with Crippen molar-refractivity contribution in [3.63, 3.8) is 0 Å². The summed E-state index contributed by atoms with van der Waals surface area (Å²) < 4.78 is 0. The molecule has 0 bridgehead atoms. The fraction of sp³-hybridized carbons (Fsp3) is 0.533. The first-order valence-electron chi connectivity index (χ1n) is 6.54. The molecular formula is C15H21NO. The van der Waals surface area contributed by atoms with Crippen LogP contribution in [0.25, 0.3) is 0 Å². The maximum Gasteiger partial charge on any atom is 0.157 e. The summed E-state index contributed by atoms with van der Waals surface area (Å²) >= 11 is 0. The molecule has 0 saturated heterocycles. The summed E-state index contributed by atoms with van der Waals surface area (Å²) in [4.78, 5) is 12.3. The van der Waals surface area contributed by atoms with Gasteiger partial charge in [-0.05, 0) is 31.9 Å². The summed E-state index contributed by atoms with van der Waals surface area (Å²) in [5, 5.41) is 3.43. The minimum absolute atomic E-state index is 0.356. The molecule has 17 heavy (non-hydrogen) atoms. The third-order valence-corrected chi connectivity index (χ3v) is 3.70. The molecule has 1 fully saturated rings. The van der Waals surface area contributed by atoms with Crippen LogP contribution in [0.5, 0.6) is 0 Å². The van der Waals surface area contributed by atoms with Crippen LogP contribution in [0, 0.1) is 6.92 Å². The molecule has 0 unspecified atom stereocenters. The van der Waals surface area contributed by atoms with Crippen LogP contribution in [0.15, 0.2) is 24.3 Å². The van der Waals surface area contributed by atoms with E-state index >= 15 is 0 Å². The van der Waals surface area contributed by atoms with Crippen LogP contribution >= 0.6 is 0 Å². The van der Waals surface area contributed by atoms with Crippen LogP contribution in [0.3, 0.4) is 0 Å². The van der Waals surface area contributed by atoms with Crippen LogP contribution < -0.4 is 5.32 Å². The zero-order valence-corrected chi connectivity index (χ0v) is 10.8. The highest BCUT2D eigenvalue weighted by Crippen LogP contribution is 2.34. The van der Waals surface area contributed by atoms with Crippen LogP contribution in [0.2, 0.25) is 0 Å². The Hall–Kier alpha value is -1.15. The molecule has 1 aliphatic rings. The molecule has 0 aliphatic heterocycles. The van der Waals surface area contributed by atoms with E-state index in [9.17, 15) is 4.79 Å². The quantitative estimate of drug-likeness (QED) is 0.866. The van der Waals surface area contributed by atoms with Gasteiger partial charge in [-0.2, -0.15) is 0 Å². The first-order chi connectivity index (χ1) is 8.19. The number of hydrogen-bond donors (Lipinski definition) is 1. The molecule has 2 nitrogen and oxygen atoms in total. The smallest absolute Gasteiger partial charge is 0.157 e. The summed E-state index contributed by atoms with van der Waals surface area (Å²) in [5.74, 6) is 0.356. The zero-order valence-electron chi connectivity index (χ0n) is 10.8. The second-order valence-electron chi connectivity index (χ2n) is 4.93. The van der Waals surface area contributed by atoms with Gasteiger partial charge >= 0.3 is 0 Å². The predicted octanol–water partition coefficient (Wildman–Crippen LogP) is 2.94. The zero-order chi connectivity index (χ0) is 12.3. The maximum atomic E-state index is 12.3. The molecule has 2 heteroatoms. The highest BCUT2D eigenvalue weighted by Gasteiger charge is 2.40. The van der Waals surface area contributed by atoms with Crippen LogP contribution in [0.1, 0.15) is 43.7 Å². The first-order valence-corrected chi connectivity index (χ1v) is 6.54. The molecule has 0 aromatic heterocycles. The van der Waals surface area contributed by atoms with Gasteiger partial charge in [-0.15, -0.1) is 0 Å². The van der Waals surface area contributed by atoms with Crippen molar-refractivity contribution in [3.05, 3.63) is 35.4 Å². The Kier molecular flexibility index (Phi) is 3.63. The Morgan fingerprint density at radius 1 is 1.24 bits per heavy atom. The Labute approximate surface area is 103 Å². The second kappa shape index (κ2) is 5.01. The molecule has 0 heterocycles. The summed E-state index contributed by atoms with van der Waals surface area (Å²) in [5.41, 5.74) is 1.96. The molecule has 1 N–H and O–H groups in total. The van der Waals surface area contributed by atoms with E-state index < -0.39 is 5.54 Å². The highest BCUT2D eigenvalue weighted by atomic mass is 16.1. The number of ketones is 1. The van der Waals surface area contributed by atoms with E-state index in [1.807, 2.05) is 0 Å². The molecule has 2 rings (SSSR count). The number of rotatable bonds is 3. The average molecular weight is 231 g/mol. The van der Waals surface area contributed by atoms with Gasteiger partial charge in [0.25, 0.3) is 0 Å². The lowest BCUT2D eigenvalue weighted by molar-refractivity contribution is -0.128. The van der Waals surface area contributed by atoms with E-state index in [2.05, 4.69) is 43.4 Å². The summed E-state index contributed by atoms with van der Waals surface area (Å²) in [6, 6.07) is 8.38. The van der Waals surface area contributed by atoms with Crippen molar-refractivity contribution in [2.24, 2.45) is 0 Å². The minimum atomic E-state index is -0.416. The van der Waals surface area contributed by atoms with Crippen LogP contribution in [0.4, 0.5) is 0 Å². The van der Waals surface area contributed by atoms with Gasteiger partial charge in [0.1, 0.15) is 5.54 Å². The number of Topliss-reactive ketones (excluding diaryl/α,β-unsaturated/α-hetero) is 1. The SMILES string of the molecule is CCN[C@@]1(c2ccc(C)cc2)CCCCC1=O. The molecule has 92 valence electrons. The topological polar surface area (TPSA) is 29.1 Å². The van der Waals surface area contributed by atoms with Crippen molar-refractivity contribution in [2.75, 3.05) is 6.54 Å². The van der Waals surface area contributed by atoms with Crippen molar-refractivity contribution in [1.29, 1.82) is 0 Å². The number of hydrogen-bond acceptors (Lipinski definition) is 2. The van der Waals surface area contributed by atoms with Gasteiger partial charge in [0.05, 0.1) is 0 Å². The van der Waals surface area contributed by atoms with Gasteiger partial charge in [-0.3, -0.25) is 4.79 Å². The van der Waals surface area contributed by atoms with E-state index in [1.165, 1.54) is 5.56 Å². The van der Waals surface area contributed by atoms with Crippen molar-refractivity contribution in [2.45, 2.75) is 45.1 Å². The van der Waals surface area contributed by atoms with Gasteiger partial charge in [-0.1, -0.05) is 43.2 Å². The number of benzene rings is 1. The molecule has 1 atom stereocenters. The number of carbonyl (C=O) groups is 1. The number of aryl methyl sites for hydroxylation is 1. The Balaban J connectivity index is 2.39. The third-order valence-electron chi connectivity index (χ3n) is 3.70. The summed E-state index contributed by atoms with van der Waals surface area (Å²) in [6.07, 6.45) is 3.81. The lowest BCUT2D eigenvalue weighted by atomic mass is 9.75.